The second kappa shape index (κ2) is 5.44. The number of fused-ring (bicyclic) bond motifs is 1. The fourth-order valence-electron chi connectivity index (χ4n) is 2.37. The molecule has 0 fully saturated rings. The smallest absolute Gasteiger partial charge is 0.341 e. The monoisotopic (exact) mass is 334 g/mol. The minimum absolute atomic E-state index is 0.139. The van der Waals surface area contributed by atoms with E-state index in [0.717, 1.165) is 4.57 Å². The van der Waals surface area contributed by atoms with Crippen LogP contribution >= 0.6 is 11.6 Å². The van der Waals surface area contributed by atoms with Crippen molar-refractivity contribution in [3.8, 4) is 11.4 Å². The lowest BCUT2D eigenvalue weighted by Gasteiger charge is -2.20. The summed E-state index contributed by atoms with van der Waals surface area (Å²) in [5.41, 5.74) is 0.0118. The van der Waals surface area contributed by atoms with Crippen LogP contribution in [0.5, 0.6) is 5.75 Å². The second-order valence-corrected chi connectivity index (χ2v) is 5.40. The first-order valence-corrected chi connectivity index (χ1v) is 6.98. The van der Waals surface area contributed by atoms with Crippen molar-refractivity contribution in [2.75, 3.05) is 11.9 Å². The maximum atomic E-state index is 12.4. The summed E-state index contributed by atoms with van der Waals surface area (Å²) in [5.74, 6) is -1.33. The molecule has 118 valence electrons. The number of pyridine rings is 1. The van der Waals surface area contributed by atoms with Crippen molar-refractivity contribution in [1.82, 2.24) is 4.57 Å². The van der Waals surface area contributed by atoms with E-state index in [2.05, 4.69) is 5.32 Å². The van der Waals surface area contributed by atoms with Crippen molar-refractivity contribution in [3.63, 3.8) is 0 Å². The van der Waals surface area contributed by atoms with Crippen molar-refractivity contribution in [3.05, 3.63) is 50.9 Å². The van der Waals surface area contributed by atoms with Gasteiger partial charge in [0.05, 0.1) is 16.4 Å². The fourth-order valence-corrected chi connectivity index (χ4v) is 2.64. The van der Waals surface area contributed by atoms with Crippen molar-refractivity contribution in [2.45, 2.75) is 6.92 Å². The highest BCUT2D eigenvalue weighted by atomic mass is 35.5. The number of carboxylic acids is 1. The molecule has 2 N–H and O–H groups in total. The molecule has 0 aliphatic carbocycles. The lowest BCUT2D eigenvalue weighted by molar-refractivity contribution is -0.118. The zero-order valence-electron chi connectivity index (χ0n) is 11.9. The van der Waals surface area contributed by atoms with E-state index in [1.807, 2.05) is 0 Å². The Kier molecular flexibility index (Phi) is 3.57. The van der Waals surface area contributed by atoms with Crippen molar-refractivity contribution < 1.29 is 19.4 Å². The van der Waals surface area contributed by atoms with Crippen LogP contribution in [0, 0.1) is 6.92 Å². The van der Waals surface area contributed by atoms with Crippen LogP contribution < -0.4 is 15.6 Å². The summed E-state index contributed by atoms with van der Waals surface area (Å²) < 4.78 is 6.40. The first-order chi connectivity index (χ1) is 10.9. The highest BCUT2D eigenvalue weighted by Crippen LogP contribution is 2.37. The molecule has 0 saturated carbocycles. The minimum atomic E-state index is -1.30. The van der Waals surface area contributed by atoms with Crippen LogP contribution in [0.3, 0.4) is 0 Å². The first-order valence-electron chi connectivity index (χ1n) is 6.60. The molecule has 0 saturated heterocycles. The lowest BCUT2D eigenvalue weighted by atomic mass is 10.1. The molecule has 2 heterocycles. The number of nitrogens with one attached hydrogen (secondary N) is 1. The largest absolute Gasteiger partial charge is 0.480 e. The molecule has 1 aromatic carbocycles. The molecule has 0 bridgehead atoms. The Morgan fingerprint density at radius 1 is 1.39 bits per heavy atom. The molecular weight excluding hydrogens is 324 g/mol. The van der Waals surface area contributed by atoms with Gasteiger partial charge in [-0.15, -0.1) is 0 Å². The Morgan fingerprint density at radius 2 is 2.13 bits per heavy atom. The Hall–Kier alpha value is -2.80. The van der Waals surface area contributed by atoms with Gasteiger partial charge in [0.25, 0.3) is 11.5 Å². The fraction of sp³-hybridized carbons (Fsp3) is 0.133. The molecule has 1 amide bonds. The molecule has 2 aromatic rings. The van der Waals surface area contributed by atoms with Crippen LogP contribution in [0.1, 0.15) is 15.9 Å². The number of rotatable bonds is 2. The number of amides is 1. The van der Waals surface area contributed by atoms with Crippen LogP contribution in [0.2, 0.25) is 5.02 Å². The molecule has 0 unspecified atom stereocenters. The molecule has 0 atom stereocenters. The van der Waals surface area contributed by atoms with Gasteiger partial charge in [-0.2, -0.15) is 0 Å². The maximum absolute atomic E-state index is 12.4. The number of anilines is 1. The number of halogens is 1. The molecule has 0 radical (unpaired) electrons. The van der Waals surface area contributed by atoms with Gasteiger partial charge in [-0.25, -0.2) is 4.79 Å². The number of ether oxygens (including phenoxy) is 1. The summed E-state index contributed by atoms with van der Waals surface area (Å²) in [5, 5.41) is 12.0. The van der Waals surface area contributed by atoms with Crippen LogP contribution in [-0.4, -0.2) is 28.2 Å². The van der Waals surface area contributed by atoms with Gasteiger partial charge in [-0.1, -0.05) is 11.6 Å². The highest BCUT2D eigenvalue weighted by Gasteiger charge is 2.21. The van der Waals surface area contributed by atoms with Gasteiger partial charge in [-0.05, 0) is 30.7 Å². The van der Waals surface area contributed by atoms with E-state index in [1.54, 1.807) is 6.92 Å². The molecule has 1 aliphatic rings. The van der Waals surface area contributed by atoms with E-state index in [4.69, 9.17) is 16.3 Å². The normalized spacial score (nSPS) is 13.0. The minimum Gasteiger partial charge on any atom is -0.480 e. The van der Waals surface area contributed by atoms with E-state index in [0.29, 0.717) is 22.7 Å². The van der Waals surface area contributed by atoms with Gasteiger partial charge in [0.15, 0.2) is 12.4 Å². The number of hydrogen-bond donors (Lipinski definition) is 2. The summed E-state index contributed by atoms with van der Waals surface area (Å²) >= 11 is 6.12. The zero-order valence-corrected chi connectivity index (χ0v) is 12.7. The standard InChI is InChI=1S/C15H11ClN2O5/c1-7-2-3-18(14(20)12(7)15(21)22)8-4-9(16)13-10(5-8)17-11(19)6-23-13/h2-5H,6H2,1H3,(H,17,19)(H,21,22). The average molecular weight is 335 g/mol. The van der Waals surface area contributed by atoms with Gasteiger partial charge in [0.2, 0.25) is 0 Å². The number of nitrogens with zero attached hydrogens (tertiary/aromatic N) is 1. The molecule has 1 aromatic heterocycles. The Bertz CT molecular complexity index is 903. The van der Waals surface area contributed by atoms with E-state index >= 15 is 0 Å². The predicted molar refractivity (Wildman–Crippen MR) is 82.9 cm³/mol. The number of benzene rings is 1. The topological polar surface area (TPSA) is 97.6 Å². The summed E-state index contributed by atoms with van der Waals surface area (Å²) in [6.07, 6.45) is 1.45. The number of aryl methyl sites for hydroxylation is 1. The average Bonchev–Trinajstić information content (AvgIpc) is 2.46. The Labute approximate surface area is 135 Å². The predicted octanol–water partition coefficient (Wildman–Crippen LogP) is 1.83. The summed E-state index contributed by atoms with van der Waals surface area (Å²) in [6.45, 7) is 1.41. The number of aromatic carboxylic acids is 1. The number of carbonyl (C=O) groups is 2. The molecule has 7 nitrogen and oxygen atoms in total. The van der Waals surface area contributed by atoms with E-state index in [1.165, 1.54) is 24.4 Å². The van der Waals surface area contributed by atoms with E-state index < -0.39 is 11.5 Å². The van der Waals surface area contributed by atoms with E-state index in [9.17, 15) is 19.5 Å². The SMILES string of the molecule is Cc1ccn(-c2cc(Cl)c3c(c2)NC(=O)CO3)c(=O)c1C(=O)O. The molecule has 1 aliphatic heterocycles. The maximum Gasteiger partial charge on any atom is 0.341 e. The zero-order chi connectivity index (χ0) is 16.7. The highest BCUT2D eigenvalue weighted by molar-refractivity contribution is 6.33. The molecule has 23 heavy (non-hydrogen) atoms. The van der Waals surface area contributed by atoms with Crippen molar-refractivity contribution in [2.24, 2.45) is 0 Å². The van der Waals surface area contributed by atoms with Gasteiger partial charge < -0.3 is 15.2 Å². The second-order valence-electron chi connectivity index (χ2n) is 5.00. The lowest BCUT2D eigenvalue weighted by Crippen LogP contribution is -2.28. The van der Waals surface area contributed by atoms with Crippen molar-refractivity contribution in [1.29, 1.82) is 0 Å². The third-order valence-electron chi connectivity index (χ3n) is 3.44. The quantitative estimate of drug-likeness (QED) is 0.873. The van der Waals surface area contributed by atoms with E-state index in [-0.39, 0.29) is 23.1 Å². The summed E-state index contributed by atoms with van der Waals surface area (Å²) in [7, 11) is 0. The summed E-state index contributed by atoms with van der Waals surface area (Å²) in [6, 6.07) is 4.49. The van der Waals surface area contributed by atoms with Crippen LogP contribution in [0.25, 0.3) is 5.69 Å². The molecule has 8 heteroatoms. The number of aromatic nitrogens is 1. The van der Waals surface area contributed by atoms with Crippen molar-refractivity contribution >= 4 is 29.2 Å². The molecule has 3 rings (SSSR count). The van der Waals surface area contributed by atoms with Gasteiger partial charge in [0.1, 0.15) is 5.56 Å². The van der Waals surface area contributed by atoms with Gasteiger partial charge in [-0.3, -0.25) is 14.2 Å². The molecular formula is C15H11ClN2O5. The third kappa shape index (κ3) is 2.55. The third-order valence-corrected chi connectivity index (χ3v) is 3.72. The van der Waals surface area contributed by atoms with Gasteiger partial charge >= 0.3 is 5.97 Å². The van der Waals surface area contributed by atoms with Crippen LogP contribution in [0.4, 0.5) is 5.69 Å². The molecule has 0 spiro atoms. The number of hydrogen-bond acceptors (Lipinski definition) is 4. The number of carboxylic acid groups (broad SMARTS) is 1. The van der Waals surface area contributed by atoms with Crippen LogP contribution in [-0.2, 0) is 4.79 Å². The van der Waals surface area contributed by atoms with Crippen LogP contribution in [0.15, 0.2) is 29.2 Å². The summed E-state index contributed by atoms with van der Waals surface area (Å²) in [4.78, 5) is 35.1. The Balaban J connectivity index is 2.21. The number of carbonyl (C=O) groups excluding carboxylic acids is 1. The first kappa shape index (κ1) is 15.1. The Morgan fingerprint density at radius 3 is 2.83 bits per heavy atom. The van der Waals surface area contributed by atoms with Gasteiger partial charge in [0, 0.05) is 6.20 Å².